The smallest absolute Gasteiger partial charge is 0.356 e. The Labute approximate surface area is 155 Å². The number of pyridine rings is 1. The van der Waals surface area contributed by atoms with Crippen LogP contribution in [0, 0.1) is 6.92 Å². The molecule has 3 rings (SSSR count). The molecule has 25 heavy (non-hydrogen) atoms. The molecule has 0 amide bonds. The molecule has 0 atom stereocenters. The molecule has 0 aliphatic carbocycles. The van der Waals surface area contributed by atoms with E-state index >= 15 is 0 Å². The van der Waals surface area contributed by atoms with E-state index in [1.165, 1.54) is 0 Å². The van der Waals surface area contributed by atoms with Crippen molar-refractivity contribution in [3.05, 3.63) is 44.7 Å². The number of aromatic hydroxyl groups is 1. The molecule has 0 saturated carbocycles. The van der Waals surface area contributed by atoms with Crippen LogP contribution in [0.15, 0.2) is 28.4 Å². The highest BCUT2D eigenvalue weighted by Gasteiger charge is 2.21. The summed E-state index contributed by atoms with van der Waals surface area (Å²) < 4.78 is 0. The van der Waals surface area contributed by atoms with Crippen molar-refractivity contribution in [2.75, 3.05) is 0 Å². The van der Waals surface area contributed by atoms with E-state index in [4.69, 9.17) is 39.9 Å². The summed E-state index contributed by atoms with van der Waals surface area (Å²) in [7, 11) is 0. The second-order valence-electron chi connectivity index (χ2n) is 5.10. The van der Waals surface area contributed by atoms with Crippen molar-refractivity contribution in [3.63, 3.8) is 0 Å². The van der Waals surface area contributed by atoms with E-state index in [1.807, 2.05) is 19.1 Å². The number of carboxylic acids is 1. The summed E-state index contributed by atoms with van der Waals surface area (Å²) >= 11 is 17.8. The zero-order valence-electron chi connectivity index (χ0n) is 12.5. The fourth-order valence-corrected chi connectivity index (χ4v) is 2.86. The Morgan fingerprint density at radius 1 is 1.16 bits per heavy atom. The number of rotatable bonds is 3. The Hall–Kier alpha value is -2.35. The molecule has 0 radical (unpaired) electrons. The van der Waals surface area contributed by atoms with Crippen LogP contribution in [0.2, 0.25) is 15.2 Å². The van der Waals surface area contributed by atoms with Crippen molar-refractivity contribution in [2.45, 2.75) is 6.92 Å². The number of aromatic carboxylic acids is 1. The molecule has 0 saturated heterocycles. The van der Waals surface area contributed by atoms with Crippen molar-refractivity contribution in [1.82, 2.24) is 9.97 Å². The van der Waals surface area contributed by atoms with Crippen LogP contribution in [0.3, 0.4) is 0 Å². The molecular weight excluding hydrogens is 391 g/mol. The van der Waals surface area contributed by atoms with Crippen LogP contribution in [-0.2, 0) is 0 Å². The summed E-state index contributed by atoms with van der Waals surface area (Å²) in [6.07, 6.45) is 0. The van der Waals surface area contributed by atoms with Gasteiger partial charge in [0.2, 0.25) is 5.88 Å². The van der Waals surface area contributed by atoms with Gasteiger partial charge >= 0.3 is 5.97 Å². The van der Waals surface area contributed by atoms with E-state index in [1.54, 1.807) is 6.07 Å². The first-order valence-electron chi connectivity index (χ1n) is 6.80. The fourth-order valence-electron chi connectivity index (χ4n) is 2.21. The van der Waals surface area contributed by atoms with Crippen LogP contribution in [0.4, 0.5) is 11.4 Å². The lowest BCUT2D eigenvalue weighted by molar-refractivity contribution is 0.0690. The molecule has 0 unspecified atom stereocenters. The van der Waals surface area contributed by atoms with Gasteiger partial charge in [-0.05, 0) is 19.1 Å². The number of nitrogens with one attached hydrogen (secondary N) is 1. The number of hydrogen-bond acceptors (Lipinski definition) is 5. The number of H-pyrrole nitrogens is 1. The molecule has 1 aromatic carbocycles. The average Bonchev–Trinajstić information content (AvgIpc) is 2.85. The molecular formula is C15H9Cl3N4O3. The molecule has 0 fully saturated rings. The average molecular weight is 400 g/mol. The van der Waals surface area contributed by atoms with E-state index in [9.17, 15) is 9.90 Å². The van der Waals surface area contributed by atoms with Gasteiger partial charge in [-0.3, -0.25) is 0 Å². The van der Waals surface area contributed by atoms with Gasteiger partial charge in [-0.15, -0.1) is 10.2 Å². The molecule has 0 aliphatic rings. The Morgan fingerprint density at radius 3 is 2.52 bits per heavy atom. The van der Waals surface area contributed by atoms with Crippen molar-refractivity contribution < 1.29 is 15.0 Å². The van der Waals surface area contributed by atoms with Gasteiger partial charge in [0.25, 0.3) is 0 Å². The van der Waals surface area contributed by atoms with E-state index in [2.05, 4.69) is 20.2 Å². The summed E-state index contributed by atoms with van der Waals surface area (Å²) in [6.45, 7) is 1.89. The maximum atomic E-state index is 11.2. The quantitative estimate of drug-likeness (QED) is 0.390. The van der Waals surface area contributed by atoms with Gasteiger partial charge in [-0.2, -0.15) is 0 Å². The molecule has 0 bridgehead atoms. The minimum Gasteiger partial charge on any atom is -0.493 e. The molecule has 10 heteroatoms. The molecule has 2 aromatic heterocycles. The van der Waals surface area contributed by atoms with Crippen LogP contribution in [0.1, 0.15) is 16.1 Å². The second-order valence-corrected chi connectivity index (χ2v) is 6.22. The topological polar surface area (TPSA) is 111 Å². The third kappa shape index (κ3) is 3.13. The molecule has 7 nitrogen and oxygen atoms in total. The number of carboxylic acid groups (broad SMARTS) is 1. The number of carbonyl (C=O) groups is 1. The summed E-state index contributed by atoms with van der Waals surface area (Å²) in [5.74, 6) is -1.58. The van der Waals surface area contributed by atoms with Crippen molar-refractivity contribution in [1.29, 1.82) is 0 Å². The van der Waals surface area contributed by atoms with Crippen LogP contribution < -0.4 is 0 Å². The van der Waals surface area contributed by atoms with Crippen LogP contribution in [-0.4, -0.2) is 26.2 Å². The molecule has 3 aromatic rings. The number of aromatic nitrogens is 2. The van der Waals surface area contributed by atoms with E-state index < -0.39 is 11.7 Å². The van der Waals surface area contributed by atoms with Gasteiger partial charge in [0, 0.05) is 5.39 Å². The van der Waals surface area contributed by atoms with E-state index in [0.29, 0.717) is 10.9 Å². The normalized spacial score (nSPS) is 11.5. The lowest BCUT2D eigenvalue weighted by Gasteiger charge is -2.05. The molecule has 3 N–H and O–H groups in total. The summed E-state index contributed by atoms with van der Waals surface area (Å²) in [6, 6.07) is 5.47. The number of fused-ring (bicyclic) bond motifs is 1. The van der Waals surface area contributed by atoms with Gasteiger partial charge in [-0.25, -0.2) is 9.78 Å². The third-order valence-corrected chi connectivity index (χ3v) is 4.46. The number of benzene rings is 1. The Bertz CT molecular complexity index is 1050. The van der Waals surface area contributed by atoms with Gasteiger partial charge < -0.3 is 15.2 Å². The number of aryl methyl sites for hydroxylation is 1. The minimum atomic E-state index is -1.38. The zero-order valence-corrected chi connectivity index (χ0v) is 14.8. The first-order valence-corrected chi connectivity index (χ1v) is 7.93. The summed E-state index contributed by atoms with van der Waals surface area (Å²) in [4.78, 5) is 17.5. The van der Waals surface area contributed by atoms with Crippen molar-refractivity contribution >= 4 is 63.0 Å². The molecule has 0 spiro atoms. The summed E-state index contributed by atoms with van der Waals surface area (Å²) in [5, 5.41) is 26.9. The monoisotopic (exact) mass is 398 g/mol. The van der Waals surface area contributed by atoms with Crippen molar-refractivity contribution in [3.8, 4) is 5.88 Å². The first-order chi connectivity index (χ1) is 11.8. The molecule has 2 heterocycles. The molecule has 0 aliphatic heterocycles. The van der Waals surface area contributed by atoms with Gasteiger partial charge in [0.05, 0.1) is 5.52 Å². The second kappa shape index (κ2) is 6.51. The predicted octanol–water partition coefficient (Wildman–Crippen LogP) is 5.65. The number of halogens is 3. The Kier molecular flexibility index (Phi) is 4.55. The van der Waals surface area contributed by atoms with E-state index in [-0.39, 0.29) is 32.5 Å². The Morgan fingerprint density at radius 2 is 1.84 bits per heavy atom. The van der Waals surface area contributed by atoms with Crippen LogP contribution in [0.25, 0.3) is 10.9 Å². The van der Waals surface area contributed by atoms with Gasteiger partial charge in [0.15, 0.2) is 16.5 Å². The lowest BCUT2D eigenvalue weighted by atomic mass is 10.2. The number of azo groups is 1. The maximum Gasteiger partial charge on any atom is 0.356 e. The zero-order chi connectivity index (χ0) is 18.3. The number of hydrogen-bond donors (Lipinski definition) is 3. The fraction of sp³-hybridized carbons (Fsp3) is 0.0667. The summed E-state index contributed by atoms with van der Waals surface area (Å²) in [5.41, 5.74) is 1.13. The molecule has 128 valence electrons. The Balaban J connectivity index is 2.17. The number of nitrogens with zero attached hydrogens (tertiary/aromatic N) is 3. The van der Waals surface area contributed by atoms with Crippen LogP contribution >= 0.6 is 34.8 Å². The number of aromatic amines is 1. The highest BCUT2D eigenvalue weighted by Crippen LogP contribution is 2.42. The largest absolute Gasteiger partial charge is 0.493 e. The predicted molar refractivity (Wildman–Crippen MR) is 95.1 cm³/mol. The SMILES string of the molecule is Cc1ccc2[nH]c(O)c(N=Nc3c(Cl)c(Cl)nc(C(=O)O)c3Cl)c2c1. The first kappa shape index (κ1) is 17.5. The lowest BCUT2D eigenvalue weighted by Crippen LogP contribution is -2.02. The van der Waals surface area contributed by atoms with E-state index in [0.717, 1.165) is 5.56 Å². The highest BCUT2D eigenvalue weighted by molar-refractivity contribution is 6.45. The highest BCUT2D eigenvalue weighted by atomic mass is 35.5. The van der Waals surface area contributed by atoms with Gasteiger partial charge in [-0.1, -0.05) is 46.4 Å². The van der Waals surface area contributed by atoms with Gasteiger partial charge in [0.1, 0.15) is 15.7 Å². The maximum absolute atomic E-state index is 11.2. The minimum absolute atomic E-state index is 0.143. The van der Waals surface area contributed by atoms with Crippen LogP contribution in [0.5, 0.6) is 5.88 Å². The standard InChI is InChI=1S/C15H9Cl3N4O3/c1-5-2-3-7-6(4-5)10(14(23)19-7)21-22-11-8(16)12(15(24)25)20-13(18)9(11)17/h2-4,19,23H,1H3,(H,24,25). The third-order valence-electron chi connectivity index (χ3n) is 3.37. The van der Waals surface area contributed by atoms with Crippen molar-refractivity contribution in [2.24, 2.45) is 10.2 Å².